The molecule has 1 saturated heterocycles. The van der Waals surface area contributed by atoms with E-state index in [0.717, 1.165) is 12.2 Å². The number of benzene rings is 1. The van der Waals surface area contributed by atoms with Crippen LogP contribution in [-0.2, 0) is 11.3 Å². The van der Waals surface area contributed by atoms with Crippen molar-refractivity contribution in [2.24, 2.45) is 0 Å². The van der Waals surface area contributed by atoms with Gasteiger partial charge in [-0.05, 0) is 36.8 Å². The molecule has 0 radical (unpaired) electrons. The minimum absolute atomic E-state index is 0.117. The van der Waals surface area contributed by atoms with Crippen molar-refractivity contribution in [3.63, 3.8) is 0 Å². The Morgan fingerprint density at radius 1 is 1.31 bits per heavy atom. The number of rotatable bonds is 5. The van der Waals surface area contributed by atoms with Crippen molar-refractivity contribution in [1.29, 1.82) is 0 Å². The largest absolute Gasteiger partial charge is 0.480 e. The molecule has 2 aromatic rings. The first-order chi connectivity index (χ1) is 12.5. The Kier molecular flexibility index (Phi) is 5.86. The highest BCUT2D eigenvalue weighted by molar-refractivity contribution is 6.31. The standard InChI is InChI=1S/C19H21ClFN3O2/c1-13-10-17(21)15(11-16(13)20)18(19(25)26)24-8-6-23(7-9-24)12-14-4-2-3-5-22-14/h2-5,10-11,18H,6-9,12H2,1H3,(H,25,26)/t18-/m1/s1. The molecule has 0 spiro atoms. The Balaban J connectivity index is 1.71. The first kappa shape index (κ1) is 18.8. The summed E-state index contributed by atoms with van der Waals surface area (Å²) >= 11 is 6.09. The van der Waals surface area contributed by atoms with Crippen molar-refractivity contribution in [2.45, 2.75) is 19.5 Å². The van der Waals surface area contributed by atoms with E-state index < -0.39 is 17.8 Å². The fourth-order valence-corrected chi connectivity index (χ4v) is 3.43. The summed E-state index contributed by atoms with van der Waals surface area (Å²) in [7, 11) is 0. The molecule has 0 unspecified atom stereocenters. The molecule has 1 aliphatic rings. The highest BCUT2D eigenvalue weighted by Gasteiger charge is 2.32. The molecular formula is C19H21ClFN3O2. The quantitative estimate of drug-likeness (QED) is 0.867. The number of aliphatic carboxylic acids is 1. The van der Waals surface area contributed by atoms with Gasteiger partial charge in [0.15, 0.2) is 0 Å². The maximum Gasteiger partial charge on any atom is 0.325 e. The molecule has 1 atom stereocenters. The molecule has 0 aliphatic carbocycles. The van der Waals surface area contributed by atoms with Crippen molar-refractivity contribution in [1.82, 2.24) is 14.8 Å². The van der Waals surface area contributed by atoms with Crippen LogP contribution in [-0.4, -0.2) is 52.0 Å². The number of piperazine rings is 1. The van der Waals surface area contributed by atoms with Crippen LogP contribution >= 0.6 is 11.6 Å². The van der Waals surface area contributed by atoms with Crippen molar-refractivity contribution in [2.75, 3.05) is 26.2 Å². The first-order valence-corrected chi connectivity index (χ1v) is 8.88. The maximum absolute atomic E-state index is 14.4. The summed E-state index contributed by atoms with van der Waals surface area (Å²) in [5.41, 5.74) is 1.69. The number of nitrogens with zero attached hydrogens (tertiary/aromatic N) is 3. The predicted octanol–water partition coefficient (Wildman–Crippen LogP) is 3.13. The molecule has 5 nitrogen and oxygen atoms in total. The summed E-state index contributed by atoms with van der Waals surface area (Å²) in [4.78, 5) is 20.2. The second-order valence-corrected chi connectivity index (χ2v) is 6.90. The van der Waals surface area contributed by atoms with E-state index in [1.54, 1.807) is 18.0 Å². The second kappa shape index (κ2) is 8.12. The second-order valence-electron chi connectivity index (χ2n) is 6.50. The van der Waals surface area contributed by atoms with Gasteiger partial charge in [-0.3, -0.25) is 19.6 Å². The zero-order valence-electron chi connectivity index (χ0n) is 14.5. The lowest BCUT2D eigenvalue weighted by molar-refractivity contribution is -0.144. The number of hydrogen-bond donors (Lipinski definition) is 1. The molecule has 26 heavy (non-hydrogen) atoms. The number of carboxylic acids is 1. The third-order valence-electron chi connectivity index (χ3n) is 4.69. The number of aryl methyl sites for hydroxylation is 1. The van der Waals surface area contributed by atoms with E-state index in [4.69, 9.17) is 11.6 Å². The zero-order valence-corrected chi connectivity index (χ0v) is 15.3. The highest BCUT2D eigenvalue weighted by atomic mass is 35.5. The van der Waals surface area contributed by atoms with E-state index in [0.29, 0.717) is 36.8 Å². The van der Waals surface area contributed by atoms with Gasteiger partial charge in [0.1, 0.15) is 11.9 Å². The molecule has 1 fully saturated rings. The molecule has 0 amide bonds. The van der Waals surface area contributed by atoms with Crippen LogP contribution in [0.3, 0.4) is 0 Å². The molecule has 3 rings (SSSR count). The van der Waals surface area contributed by atoms with E-state index in [1.807, 2.05) is 18.2 Å². The molecule has 2 heterocycles. The van der Waals surface area contributed by atoms with Crippen LogP contribution in [0.2, 0.25) is 5.02 Å². The van der Waals surface area contributed by atoms with Crippen molar-refractivity contribution in [3.8, 4) is 0 Å². The average molecular weight is 378 g/mol. The number of carboxylic acid groups (broad SMARTS) is 1. The minimum atomic E-state index is -1.07. The van der Waals surface area contributed by atoms with E-state index in [1.165, 1.54) is 12.1 Å². The molecule has 7 heteroatoms. The molecule has 0 bridgehead atoms. The molecule has 1 N–H and O–H groups in total. The lowest BCUT2D eigenvalue weighted by Gasteiger charge is -2.37. The zero-order chi connectivity index (χ0) is 18.7. The van der Waals surface area contributed by atoms with Gasteiger partial charge in [-0.15, -0.1) is 0 Å². The van der Waals surface area contributed by atoms with Crippen LogP contribution in [0.15, 0.2) is 36.5 Å². The normalized spacial score (nSPS) is 17.2. The summed E-state index contributed by atoms with van der Waals surface area (Å²) in [6.07, 6.45) is 1.76. The summed E-state index contributed by atoms with van der Waals surface area (Å²) < 4.78 is 14.4. The van der Waals surface area contributed by atoms with Gasteiger partial charge in [-0.25, -0.2) is 4.39 Å². The first-order valence-electron chi connectivity index (χ1n) is 8.50. The summed E-state index contributed by atoms with van der Waals surface area (Å²) in [5, 5.41) is 10.1. The predicted molar refractivity (Wildman–Crippen MR) is 97.6 cm³/mol. The highest BCUT2D eigenvalue weighted by Crippen LogP contribution is 2.29. The number of carbonyl (C=O) groups is 1. The summed E-state index contributed by atoms with van der Waals surface area (Å²) in [5.74, 6) is -1.60. The maximum atomic E-state index is 14.4. The molecular weight excluding hydrogens is 357 g/mol. The van der Waals surface area contributed by atoms with Crippen LogP contribution in [0.5, 0.6) is 0 Å². The Hall–Kier alpha value is -2.02. The average Bonchev–Trinajstić information content (AvgIpc) is 2.62. The molecule has 138 valence electrons. The van der Waals surface area contributed by atoms with Crippen LogP contribution in [0, 0.1) is 12.7 Å². The van der Waals surface area contributed by atoms with Crippen molar-refractivity contribution >= 4 is 17.6 Å². The Morgan fingerprint density at radius 2 is 2.04 bits per heavy atom. The minimum Gasteiger partial charge on any atom is -0.480 e. The fourth-order valence-electron chi connectivity index (χ4n) is 3.26. The van der Waals surface area contributed by atoms with E-state index in [2.05, 4.69) is 9.88 Å². The van der Waals surface area contributed by atoms with Gasteiger partial charge in [-0.1, -0.05) is 17.7 Å². The lowest BCUT2D eigenvalue weighted by atomic mass is 10.0. The summed E-state index contributed by atoms with van der Waals surface area (Å²) in [6.45, 7) is 4.88. The van der Waals surface area contributed by atoms with Gasteiger partial charge >= 0.3 is 5.97 Å². The van der Waals surface area contributed by atoms with Crippen LogP contribution in [0.4, 0.5) is 4.39 Å². The van der Waals surface area contributed by atoms with Gasteiger partial charge in [0.2, 0.25) is 0 Å². The van der Waals surface area contributed by atoms with Crippen molar-refractivity contribution < 1.29 is 14.3 Å². The van der Waals surface area contributed by atoms with Crippen LogP contribution in [0.1, 0.15) is 22.9 Å². The van der Waals surface area contributed by atoms with Gasteiger partial charge in [0.05, 0.1) is 5.69 Å². The molecule has 1 aliphatic heterocycles. The lowest BCUT2D eigenvalue weighted by Crippen LogP contribution is -2.49. The third-order valence-corrected chi connectivity index (χ3v) is 5.10. The topological polar surface area (TPSA) is 56.7 Å². The van der Waals surface area contributed by atoms with Gasteiger partial charge in [-0.2, -0.15) is 0 Å². The number of hydrogen-bond acceptors (Lipinski definition) is 4. The smallest absolute Gasteiger partial charge is 0.325 e. The fraction of sp³-hybridized carbons (Fsp3) is 0.368. The van der Waals surface area contributed by atoms with Crippen molar-refractivity contribution in [3.05, 3.63) is 64.2 Å². The Labute approximate surface area is 157 Å². The van der Waals surface area contributed by atoms with Crippen LogP contribution in [0.25, 0.3) is 0 Å². The number of pyridine rings is 1. The van der Waals surface area contributed by atoms with E-state index >= 15 is 0 Å². The van der Waals surface area contributed by atoms with Gasteiger partial charge in [0.25, 0.3) is 0 Å². The number of halogens is 2. The SMILES string of the molecule is Cc1cc(F)c([C@H](C(=O)O)N2CCN(Cc3ccccn3)CC2)cc1Cl. The van der Waals surface area contributed by atoms with E-state index in [-0.39, 0.29) is 5.56 Å². The molecule has 1 aromatic heterocycles. The van der Waals surface area contributed by atoms with E-state index in [9.17, 15) is 14.3 Å². The van der Waals surface area contributed by atoms with Crippen LogP contribution < -0.4 is 0 Å². The molecule has 0 saturated carbocycles. The monoisotopic (exact) mass is 377 g/mol. The third kappa shape index (κ3) is 4.20. The van der Waals surface area contributed by atoms with Gasteiger partial charge < -0.3 is 5.11 Å². The summed E-state index contributed by atoms with van der Waals surface area (Å²) in [6, 6.07) is 7.49. The van der Waals surface area contributed by atoms with Gasteiger partial charge in [0, 0.05) is 49.5 Å². The molecule has 1 aromatic carbocycles. The number of aromatic nitrogens is 1. The Morgan fingerprint density at radius 3 is 2.65 bits per heavy atom. The Bertz CT molecular complexity index is 780.